The molecule has 164 valence electrons. The van der Waals surface area contributed by atoms with Crippen LogP contribution in [0.1, 0.15) is 12.5 Å². The van der Waals surface area contributed by atoms with Gasteiger partial charge in [-0.15, -0.1) is 0 Å². The van der Waals surface area contributed by atoms with Gasteiger partial charge in [-0.1, -0.05) is 12.7 Å². The van der Waals surface area contributed by atoms with E-state index in [0.29, 0.717) is 0 Å². The van der Waals surface area contributed by atoms with Gasteiger partial charge in [0, 0.05) is 17.2 Å². The molecule has 30 heavy (non-hydrogen) atoms. The molecule has 1 saturated carbocycles. The van der Waals surface area contributed by atoms with E-state index in [1.54, 1.807) is 0 Å². The molecule has 0 bridgehead atoms. The Hall–Kier alpha value is -2.37. The van der Waals surface area contributed by atoms with Gasteiger partial charge < -0.3 is 34.8 Å². The summed E-state index contributed by atoms with van der Waals surface area (Å²) >= 11 is 0. The van der Waals surface area contributed by atoms with Crippen molar-refractivity contribution in [3.05, 3.63) is 47.6 Å². The standard InChI is InChI=1S/C20H23F2NO7/c1-3-4-28-13-7-11(21)10(6-12(13)22)5-9(2)20(27)23-14-15(24)17(26)19-18(16(14)25)29-8-30-19/h3,5-7,14-19,24-26H,1,4,8H2,2H3,(H,23,27)/b9-5-/t14-,15+,16-,17-,18+,19-/m1/s1. The van der Waals surface area contributed by atoms with E-state index in [9.17, 15) is 28.9 Å². The Labute approximate surface area is 171 Å². The molecule has 6 atom stereocenters. The van der Waals surface area contributed by atoms with Crippen LogP contribution in [-0.2, 0) is 14.3 Å². The highest BCUT2D eigenvalue weighted by Crippen LogP contribution is 2.30. The van der Waals surface area contributed by atoms with Crippen LogP contribution in [0.2, 0.25) is 0 Å². The van der Waals surface area contributed by atoms with Crippen LogP contribution < -0.4 is 10.1 Å². The van der Waals surface area contributed by atoms with Gasteiger partial charge in [0.15, 0.2) is 11.6 Å². The number of benzene rings is 1. The Balaban J connectivity index is 1.74. The summed E-state index contributed by atoms with van der Waals surface area (Å²) in [6.45, 7) is 4.62. The van der Waals surface area contributed by atoms with Crippen molar-refractivity contribution in [1.82, 2.24) is 5.32 Å². The lowest BCUT2D eigenvalue weighted by Gasteiger charge is -2.41. The molecule has 1 aromatic rings. The molecule has 1 aliphatic carbocycles. The van der Waals surface area contributed by atoms with Crippen LogP contribution in [0, 0.1) is 11.6 Å². The fraction of sp³-hybridized carbons (Fsp3) is 0.450. The zero-order chi connectivity index (χ0) is 22.0. The number of nitrogens with one attached hydrogen (secondary N) is 1. The van der Waals surface area contributed by atoms with Crippen LogP contribution in [0.3, 0.4) is 0 Å². The van der Waals surface area contributed by atoms with E-state index in [0.717, 1.165) is 18.2 Å². The number of amides is 1. The highest BCUT2D eigenvalue weighted by atomic mass is 19.1. The third-order valence-corrected chi connectivity index (χ3v) is 5.04. The van der Waals surface area contributed by atoms with E-state index in [4.69, 9.17) is 14.2 Å². The number of aliphatic hydroxyl groups excluding tert-OH is 3. The quantitative estimate of drug-likeness (QED) is 0.380. The second-order valence-electron chi connectivity index (χ2n) is 7.08. The molecule has 1 heterocycles. The van der Waals surface area contributed by atoms with Crippen molar-refractivity contribution >= 4 is 12.0 Å². The molecule has 1 aliphatic heterocycles. The first kappa shape index (κ1) is 22.3. The zero-order valence-corrected chi connectivity index (χ0v) is 16.1. The molecule has 1 aromatic carbocycles. The van der Waals surface area contributed by atoms with Gasteiger partial charge in [-0.2, -0.15) is 0 Å². The minimum atomic E-state index is -1.52. The van der Waals surface area contributed by atoms with Gasteiger partial charge in [0.2, 0.25) is 5.91 Å². The number of ether oxygens (including phenoxy) is 3. The number of halogens is 2. The van der Waals surface area contributed by atoms with Crippen LogP contribution in [0.4, 0.5) is 8.78 Å². The summed E-state index contributed by atoms with van der Waals surface area (Å²) in [6, 6.07) is 0.487. The third-order valence-electron chi connectivity index (χ3n) is 5.04. The second kappa shape index (κ2) is 9.19. The van der Waals surface area contributed by atoms with Crippen molar-refractivity contribution in [2.24, 2.45) is 0 Å². The molecule has 1 amide bonds. The molecule has 4 N–H and O–H groups in total. The lowest BCUT2D eigenvalue weighted by atomic mass is 9.83. The van der Waals surface area contributed by atoms with Crippen molar-refractivity contribution in [3.63, 3.8) is 0 Å². The van der Waals surface area contributed by atoms with Crippen LogP contribution in [0.5, 0.6) is 5.75 Å². The summed E-state index contributed by atoms with van der Waals surface area (Å²) in [4.78, 5) is 12.5. The summed E-state index contributed by atoms with van der Waals surface area (Å²) in [6.07, 6.45) is -3.59. The van der Waals surface area contributed by atoms with Gasteiger partial charge in [0.05, 0.1) is 6.04 Å². The number of hydrogen-bond donors (Lipinski definition) is 4. The number of rotatable bonds is 6. The maximum Gasteiger partial charge on any atom is 0.247 e. The predicted molar refractivity (Wildman–Crippen MR) is 100 cm³/mol. The van der Waals surface area contributed by atoms with E-state index >= 15 is 0 Å². The number of aliphatic hydroxyl groups is 3. The van der Waals surface area contributed by atoms with Gasteiger partial charge in [-0.25, -0.2) is 8.78 Å². The molecule has 10 heteroatoms. The SMILES string of the molecule is C=CCOc1cc(F)c(/C=C(/C)C(=O)N[C@@H]2[C@H](O)[C@@H](O)[C@H]3OCO[C@H]3[C@@H]2O)cc1F. The van der Waals surface area contributed by atoms with Gasteiger partial charge in [0.25, 0.3) is 0 Å². The highest BCUT2D eigenvalue weighted by Gasteiger charge is 2.53. The van der Waals surface area contributed by atoms with E-state index in [2.05, 4.69) is 11.9 Å². The fourth-order valence-electron chi connectivity index (χ4n) is 3.43. The summed E-state index contributed by atoms with van der Waals surface area (Å²) in [5.41, 5.74) is -0.212. The Morgan fingerprint density at radius 1 is 1.20 bits per heavy atom. The Morgan fingerprint density at radius 2 is 1.87 bits per heavy atom. The average Bonchev–Trinajstić information content (AvgIpc) is 3.21. The number of fused-ring (bicyclic) bond motifs is 1. The summed E-state index contributed by atoms with van der Waals surface area (Å²) in [5.74, 6) is -2.67. The van der Waals surface area contributed by atoms with E-state index in [1.807, 2.05) is 0 Å². The van der Waals surface area contributed by atoms with E-state index in [1.165, 1.54) is 13.0 Å². The first-order valence-electron chi connectivity index (χ1n) is 9.24. The molecule has 1 saturated heterocycles. The molecular weight excluding hydrogens is 404 g/mol. The third kappa shape index (κ3) is 4.37. The molecule has 0 spiro atoms. The number of carbonyl (C=O) groups is 1. The largest absolute Gasteiger partial charge is 0.486 e. The monoisotopic (exact) mass is 427 g/mol. The zero-order valence-electron chi connectivity index (χ0n) is 16.1. The Morgan fingerprint density at radius 3 is 2.53 bits per heavy atom. The lowest BCUT2D eigenvalue weighted by Crippen LogP contribution is -2.67. The molecule has 0 radical (unpaired) electrons. The summed E-state index contributed by atoms with van der Waals surface area (Å²) in [5, 5.41) is 33.2. The van der Waals surface area contributed by atoms with Crippen molar-refractivity contribution < 1.29 is 43.1 Å². The topological polar surface area (TPSA) is 117 Å². The molecule has 8 nitrogen and oxygen atoms in total. The molecule has 0 unspecified atom stereocenters. The maximum absolute atomic E-state index is 14.3. The van der Waals surface area contributed by atoms with E-state index < -0.39 is 54.1 Å². The van der Waals surface area contributed by atoms with Gasteiger partial charge >= 0.3 is 0 Å². The van der Waals surface area contributed by atoms with Gasteiger partial charge in [0.1, 0.15) is 49.7 Å². The van der Waals surface area contributed by atoms with Crippen molar-refractivity contribution in [2.75, 3.05) is 13.4 Å². The lowest BCUT2D eigenvalue weighted by molar-refractivity contribution is -0.155. The first-order valence-corrected chi connectivity index (χ1v) is 9.24. The minimum Gasteiger partial charge on any atom is -0.486 e. The number of carbonyl (C=O) groups excluding carboxylic acids is 1. The molecular formula is C20H23F2NO7. The molecule has 2 fully saturated rings. The summed E-state index contributed by atoms with van der Waals surface area (Å²) < 4.78 is 43.7. The molecule has 3 rings (SSSR count). The Bertz CT molecular complexity index is 847. The Kier molecular flexibility index (Phi) is 6.84. The minimum absolute atomic E-state index is 0.00147. The predicted octanol–water partition coefficient (Wildman–Crippen LogP) is 0.255. The highest BCUT2D eigenvalue weighted by molar-refractivity contribution is 5.97. The first-order chi connectivity index (χ1) is 14.2. The second-order valence-corrected chi connectivity index (χ2v) is 7.08. The fourth-order valence-corrected chi connectivity index (χ4v) is 3.43. The van der Waals surface area contributed by atoms with Crippen LogP contribution in [0.15, 0.2) is 30.4 Å². The maximum atomic E-state index is 14.3. The van der Waals surface area contributed by atoms with E-state index in [-0.39, 0.29) is 30.3 Å². The number of hydrogen-bond acceptors (Lipinski definition) is 7. The van der Waals surface area contributed by atoms with Crippen LogP contribution in [0.25, 0.3) is 6.08 Å². The van der Waals surface area contributed by atoms with Crippen molar-refractivity contribution in [2.45, 2.75) is 43.5 Å². The van der Waals surface area contributed by atoms with Crippen LogP contribution >= 0.6 is 0 Å². The van der Waals surface area contributed by atoms with Crippen molar-refractivity contribution in [3.8, 4) is 5.75 Å². The van der Waals surface area contributed by atoms with Crippen molar-refractivity contribution in [1.29, 1.82) is 0 Å². The molecule has 2 aliphatic rings. The molecule has 0 aromatic heterocycles. The smallest absolute Gasteiger partial charge is 0.247 e. The van der Waals surface area contributed by atoms with Gasteiger partial charge in [-0.05, 0) is 19.1 Å². The normalized spacial score (nSPS) is 31.2. The van der Waals surface area contributed by atoms with Gasteiger partial charge in [-0.3, -0.25) is 4.79 Å². The average molecular weight is 427 g/mol. The van der Waals surface area contributed by atoms with Crippen LogP contribution in [-0.4, -0.2) is 71.2 Å². The summed E-state index contributed by atoms with van der Waals surface area (Å²) in [7, 11) is 0.